The normalized spacial score (nSPS) is 22.1. The molecule has 1 aliphatic carbocycles. The summed E-state index contributed by atoms with van der Waals surface area (Å²) in [5, 5.41) is 3.31. The summed E-state index contributed by atoms with van der Waals surface area (Å²) in [6.07, 6.45) is 2.30. The van der Waals surface area contributed by atoms with Crippen LogP contribution in [-0.4, -0.2) is 72.1 Å². The van der Waals surface area contributed by atoms with Crippen LogP contribution in [0.4, 0.5) is 13.2 Å². The molecule has 3 heterocycles. The number of carbonyl (C=O) groups is 2. The Morgan fingerprint density at radius 2 is 1.95 bits per heavy atom. The average Bonchev–Trinajstić information content (AvgIpc) is 3.35. The number of thiazole rings is 1. The van der Waals surface area contributed by atoms with E-state index >= 15 is 0 Å². The van der Waals surface area contributed by atoms with Crippen molar-refractivity contribution >= 4 is 23.2 Å². The highest BCUT2D eigenvalue weighted by atomic mass is 32.1. The number of aromatic nitrogens is 1. The quantitative estimate of drug-likeness (QED) is 0.552. The highest BCUT2D eigenvalue weighted by Crippen LogP contribution is 2.31. The van der Waals surface area contributed by atoms with Gasteiger partial charge in [0.15, 0.2) is 6.61 Å². The third-order valence-electron chi connectivity index (χ3n) is 7.87. The van der Waals surface area contributed by atoms with Gasteiger partial charge in [-0.1, -0.05) is 17.4 Å². The molecule has 2 amide bonds. The molecule has 11 heteroatoms. The van der Waals surface area contributed by atoms with Crippen molar-refractivity contribution in [3.8, 4) is 5.19 Å². The average molecular weight is 551 g/mol. The maximum absolute atomic E-state index is 13.0. The van der Waals surface area contributed by atoms with Crippen LogP contribution in [0.2, 0.25) is 0 Å². The molecule has 5 rings (SSSR count). The highest BCUT2D eigenvalue weighted by molar-refractivity contribution is 7.13. The van der Waals surface area contributed by atoms with E-state index in [9.17, 15) is 22.8 Å². The molecule has 2 aliphatic heterocycles. The fourth-order valence-corrected chi connectivity index (χ4v) is 6.67. The first kappa shape index (κ1) is 26.9. The third kappa shape index (κ3) is 6.31. The largest absolute Gasteiger partial charge is 0.460 e. The van der Waals surface area contributed by atoms with Crippen molar-refractivity contribution in [3.63, 3.8) is 0 Å². The summed E-state index contributed by atoms with van der Waals surface area (Å²) in [7, 11) is 1.75. The van der Waals surface area contributed by atoms with Gasteiger partial charge in [-0.3, -0.25) is 9.59 Å². The molecular weight excluding hydrogens is 517 g/mol. The molecule has 38 heavy (non-hydrogen) atoms. The van der Waals surface area contributed by atoms with E-state index < -0.39 is 12.8 Å². The molecule has 0 spiro atoms. The van der Waals surface area contributed by atoms with Gasteiger partial charge in [0.05, 0.1) is 5.69 Å². The second-order valence-electron chi connectivity index (χ2n) is 10.6. The lowest BCUT2D eigenvalue weighted by molar-refractivity contribution is -0.153. The molecule has 2 aromatic rings. The van der Waals surface area contributed by atoms with Crippen molar-refractivity contribution in [3.05, 3.63) is 45.5 Å². The number of amides is 2. The number of alkyl halides is 3. The number of hydrogen-bond acceptors (Lipinski definition) is 6. The number of rotatable bonds is 7. The van der Waals surface area contributed by atoms with Gasteiger partial charge in [-0.05, 0) is 68.7 Å². The minimum atomic E-state index is -4.36. The molecule has 1 aromatic heterocycles. The van der Waals surface area contributed by atoms with Gasteiger partial charge in [-0.25, -0.2) is 4.98 Å². The van der Waals surface area contributed by atoms with Crippen LogP contribution in [0, 0.1) is 5.92 Å². The number of benzene rings is 1. The van der Waals surface area contributed by atoms with E-state index in [1.165, 1.54) is 11.3 Å². The van der Waals surface area contributed by atoms with Gasteiger partial charge in [0.25, 0.3) is 17.0 Å². The smallest absolute Gasteiger partial charge is 0.422 e. The fourth-order valence-electron chi connectivity index (χ4n) is 5.72. The molecule has 0 saturated heterocycles. The lowest BCUT2D eigenvalue weighted by Crippen LogP contribution is -2.38. The number of nitrogens with zero attached hydrogens (tertiary/aromatic N) is 3. The Labute approximate surface area is 224 Å². The van der Waals surface area contributed by atoms with E-state index in [-0.39, 0.29) is 23.0 Å². The molecule has 0 radical (unpaired) electrons. The molecule has 3 aliphatic rings. The van der Waals surface area contributed by atoms with Crippen molar-refractivity contribution in [1.82, 2.24) is 20.1 Å². The summed E-state index contributed by atoms with van der Waals surface area (Å²) < 4.78 is 42.1. The van der Waals surface area contributed by atoms with Gasteiger partial charge in [0, 0.05) is 55.1 Å². The molecule has 1 N–H and O–H groups in total. The molecule has 0 unspecified atom stereocenters. The van der Waals surface area contributed by atoms with Gasteiger partial charge in [-0.2, -0.15) is 13.2 Å². The number of halogens is 3. The molecular formula is C27H33F3N4O3S. The maximum Gasteiger partial charge on any atom is 0.422 e. The standard InChI is InChI=1S/C27H33F3N4O3S/c1-33-15-21-19(3-2-4-20(21)25(33)36)24(35)31-18-7-5-17(6-8-18)9-12-34-13-10-22-23(11-14-34)38-26(32-22)37-16-27(28,29)30/h2-4,17-18H,5-16H2,1H3,(H,31,35)/t17-,18-. The van der Waals surface area contributed by atoms with Crippen LogP contribution < -0.4 is 10.1 Å². The van der Waals surface area contributed by atoms with Crippen LogP contribution in [0.3, 0.4) is 0 Å². The molecule has 1 saturated carbocycles. The molecule has 7 nitrogen and oxygen atoms in total. The van der Waals surface area contributed by atoms with E-state index in [1.807, 2.05) is 0 Å². The van der Waals surface area contributed by atoms with Gasteiger partial charge >= 0.3 is 6.18 Å². The van der Waals surface area contributed by atoms with E-state index in [0.29, 0.717) is 23.6 Å². The number of nitrogens with one attached hydrogen (secondary N) is 1. The monoisotopic (exact) mass is 550 g/mol. The summed E-state index contributed by atoms with van der Waals surface area (Å²) in [4.78, 5) is 34.6. The second kappa shape index (κ2) is 11.2. The fraction of sp³-hybridized carbons (Fsp3) is 0.593. The Bertz CT molecular complexity index is 1150. The van der Waals surface area contributed by atoms with Crippen LogP contribution >= 0.6 is 11.3 Å². The predicted molar refractivity (Wildman–Crippen MR) is 138 cm³/mol. The van der Waals surface area contributed by atoms with Crippen LogP contribution in [-0.2, 0) is 19.4 Å². The van der Waals surface area contributed by atoms with E-state index in [2.05, 4.69) is 15.2 Å². The van der Waals surface area contributed by atoms with E-state index in [1.54, 1.807) is 30.1 Å². The Morgan fingerprint density at radius 3 is 2.71 bits per heavy atom. The van der Waals surface area contributed by atoms with Crippen molar-refractivity contribution in [2.45, 2.75) is 63.7 Å². The predicted octanol–water partition coefficient (Wildman–Crippen LogP) is 4.45. The summed E-state index contributed by atoms with van der Waals surface area (Å²) in [5.41, 5.74) is 2.91. The third-order valence-corrected chi connectivity index (χ3v) is 8.94. The minimum Gasteiger partial charge on any atom is -0.460 e. The summed E-state index contributed by atoms with van der Waals surface area (Å²) in [5.74, 6) is 0.491. The van der Waals surface area contributed by atoms with E-state index in [4.69, 9.17) is 4.74 Å². The summed E-state index contributed by atoms with van der Waals surface area (Å²) >= 11 is 1.23. The molecule has 0 bridgehead atoms. The first-order valence-electron chi connectivity index (χ1n) is 13.2. The Balaban J connectivity index is 1.04. The summed E-state index contributed by atoms with van der Waals surface area (Å²) in [6, 6.07) is 5.52. The first-order valence-corrected chi connectivity index (χ1v) is 14.1. The van der Waals surface area contributed by atoms with Crippen LogP contribution in [0.1, 0.15) is 69.0 Å². The van der Waals surface area contributed by atoms with Crippen molar-refractivity contribution < 1.29 is 27.5 Å². The lowest BCUT2D eigenvalue weighted by atomic mass is 9.84. The first-order chi connectivity index (χ1) is 18.2. The number of hydrogen-bond donors (Lipinski definition) is 1. The van der Waals surface area contributed by atoms with Crippen molar-refractivity contribution in [1.29, 1.82) is 0 Å². The topological polar surface area (TPSA) is 74.8 Å². The van der Waals surface area contributed by atoms with Gasteiger partial charge in [0.1, 0.15) is 0 Å². The number of carbonyl (C=O) groups excluding carboxylic acids is 2. The SMILES string of the molecule is CN1Cc2c(C(=O)N[C@H]3CC[C@H](CCN4CCc5nc(OCC(F)(F)F)sc5CC4)CC3)cccc2C1=O. The molecule has 1 aromatic carbocycles. The van der Waals surface area contributed by atoms with Crippen molar-refractivity contribution in [2.24, 2.45) is 5.92 Å². The van der Waals surface area contributed by atoms with Crippen LogP contribution in [0.5, 0.6) is 5.19 Å². The number of fused-ring (bicyclic) bond motifs is 2. The van der Waals surface area contributed by atoms with Crippen LogP contribution in [0.15, 0.2) is 18.2 Å². The molecule has 0 atom stereocenters. The van der Waals surface area contributed by atoms with Gasteiger partial charge in [-0.15, -0.1) is 0 Å². The van der Waals surface area contributed by atoms with Gasteiger partial charge < -0.3 is 19.9 Å². The zero-order valence-electron chi connectivity index (χ0n) is 21.5. The van der Waals surface area contributed by atoms with Crippen LogP contribution in [0.25, 0.3) is 0 Å². The Kier molecular flexibility index (Phi) is 7.95. The Morgan fingerprint density at radius 1 is 1.18 bits per heavy atom. The zero-order chi connectivity index (χ0) is 26.9. The van der Waals surface area contributed by atoms with E-state index in [0.717, 1.165) is 80.7 Å². The number of ether oxygens (including phenoxy) is 1. The van der Waals surface area contributed by atoms with Crippen molar-refractivity contribution in [2.75, 3.05) is 33.3 Å². The minimum absolute atomic E-state index is 0.0360. The molecule has 1 fully saturated rings. The highest BCUT2D eigenvalue weighted by Gasteiger charge is 2.31. The summed E-state index contributed by atoms with van der Waals surface area (Å²) in [6.45, 7) is 1.88. The lowest BCUT2D eigenvalue weighted by Gasteiger charge is -2.31. The van der Waals surface area contributed by atoms with Gasteiger partial charge in [0.2, 0.25) is 0 Å². The molecule has 206 valence electrons. The Hall–Kier alpha value is -2.66. The zero-order valence-corrected chi connectivity index (χ0v) is 22.3. The second-order valence-corrected chi connectivity index (χ2v) is 11.6. The maximum atomic E-state index is 13.0.